The van der Waals surface area contributed by atoms with Crippen LogP contribution >= 0.6 is 0 Å². The van der Waals surface area contributed by atoms with E-state index in [1.165, 1.54) is 0 Å². The van der Waals surface area contributed by atoms with E-state index in [9.17, 15) is 14.9 Å². The van der Waals surface area contributed by atoms with Crippen molar-refractivity contribution >= 4 is 17.5 Å². The summed E-state index contributed by atoms with van der Waals surface area (Å²) >= 11 is 0. The van der Waals surface area contributed by atoms with E-state index >= 15 is 0 Å². The topological polar surface area (TPSA) is 110 Å². The van der Waals surface area contributed by atoms with E-state index in [4.69, 9.17) is 0 Å². The number of nitro groups is 1. The van der Waals surface area contributed by atoms with Gasteiger partial charge in [0, 0.05) is 16.7 Å². The molecule has 0 saturated heterocycles. The van der Waals surface area contributed by atoms with Gasteiger partial charge in [-0.2, -0.15) is 0 Å². The zero-order valence-electron chi connectivity index (χ0n) is 16.2. The standard InChI is InChI=1S/C23H17N5O3/c29-22(18-14-8-3-9-15-18)26-27-23-24-19(16-10-4-1-5-11-16)21(28(30)31)20(25-23)17-12-6-2-7-13-17/h1-15H,(H,26,29)(H,24,25,27). The molecule has 0 spiro atoms. The summed E-state index contributed by atoms with van der Waals surface area (Å²) in [6.45, 7) is 0. The van der Waals surface area contributed by atoms with Gasteiger partial charge < -0.3 is 0 Å². The quantitative estimate of drug-likeness (QED) is 0.358. The number of benzene rings is 3. The molecule has 0 aliphatic rings. The van der Waals surface area contributed by atoms with Crippen molar-refractivity contribution in [3.05, 3.63) is 107 Å². The molecule has 1 amide bonds. The molecule has 0 atom stereocenters. The second-order valence-electron chi connectivity index (χ2n) is 6.53. The van der Waals surface area contributed by atoms with Gasteiger partial charge in [0.1, 0.15) is 0 Å². The zero-order valence-corrected chi connectivity index (χ0v) is 16.2. The van der Waals surface area contributed by atoms with Gasteiger partial charge in [0.25, 0.3) is 5.91 Å². The second-order valence-corrected chi connectivity index (χ2v) is 6.53. The van der Waals surface area contributed by atoms with Gasteiger partial charge in [-0.1, -0.05) is 78.9 Å². The Morgan fingerprint density at radius 1 is 0.742 bits per heavy atom. The SMILES string of the molecule is O=C(NNc1nc(-c2ccccc2)c([N+](=O)[O-])c(-c2ccccc2)n1)c1ccccc1. The molecule has 4 rings (SSSR count). The summed E-state index contributed by atoms with van der Waals surface area (Å²) in [5.41, 5.74) is 6.88. The third-order valence-corrected chi connectivity index (χ3v) is 4.48. The number of hydrogen-bond donors (Lipinski definition) is 2. The maximum atomic E-state index is 12.4. The molecule has 0 saturated carbocycles. The Kier molecular flexibility index (Phi) is 5.62. The van der Waals surface area contributed by atoms with Crippen molar-refractivity contribution in [2.45, 2.75) is 0 Å². The van der Waals surface area contributed by atoms with Crippen molar-refractivity contribution in [3.8, 4) is 22.5 Å². The second kappa shape index (κ2) is 8.83. The van der Waals surface area contributed by atoms with E-state index in [-0.39, 0.29) is 28.9 Å². The fourth-order valence-electron chi connectivity index (χ4n) is 3.05. The number of carbonyl (C=O) groups is 1. The Hall–Kier alpha value is -4.59. The first-order chi connectivity index (χ1) is 15.1. The van der Waals surface area contributed by atoms with Crippen molar-refractivity contribution in [2.24, 2.45) is 0 Å². The lowest BCUT2D eigenvalue weighted by molar-refractivity contribution is -0.383. The summed E-state index contributed by atoms with van der Waals surface area (Å²) in [4.78, 5) is 32.5. The molecule has 152 valence electrons. The maximum absolute atomic E-state index is 12.4. The maximum Gasteiger partial charge on any atom is 0.321 e. The molecule has 0 fully saturated rings. The molecule has 0 aliphatic heterocycles. The van der Waals surface area contributed by atoms with Gasteiger partial charge in [0.15, 0.2) is 11.4 Å². The number of rotatable bonds is 6. The van der Waals surface area contributed by atoms with Crippen molar-refractivity contribution in [2.75, 3.05) is 5.43 Å². The predicted octanol–water partition coefficient (Wildman–Crippen LogP) is 4.48. The minimum absolute atomic E-state index is 0.0348. The smallest absolute Gasteiger partial charge is 0.267 e. The lowest BCUT2D eigenvalue weighted by atomic mass is 10.1. The molecule has 0 unspecified atom stereocenters. The highest BCUT2D eigenvalue weighted by Gasteiger charge is 2.27. The largest absolute Gasteiger partial charge is 0.321 e. The van der Waals surface area contributed by atoms with E-state index in [0.717, 1.165) is 0 Å². The predicted molar refractivity (Wildman–Crippen MR) is 117 cm³/mol. The molecule has 0 radical (unpaired) electrons. The van der Waals surface area contributed by atoms with Crippen molar-refractivity contribution in [3.63, 3.8) is 0 Å². The molecule has 3 aromatic carbocycles. The number of hydrazine groups is 1. The van der Waals surface area contributed by atoms with E-state index in [0.29, 0.717) is 16.7 Å². The number of hydrogen-bond acceptors (Lipinski definition) is 6. The summed E-state index contributed by atoms with van der Waals surface area (Å²) in [7, 11) is 0. The molecular weight excluding hydrogens is 394 g/mol. The molecule has 8 nitrogen and oxygen atoms in total. The Bertz CT molecular complexity index is 1160. The third-order valence-electron chi connectivity index (χ3n) is 4.48. The van der Waals surface area contributed by atoms with E-state index in [1.807, 2.05) is 18.2 Å². The van der Waals surface area contributed by atoms with Crippen LogP contribution in [0.25, 0.3) is 22.5 Å². The van der Waals surface area contributed by atoms with E-state index in [2.05, 4.69) is 20.8 Å². The highest BCUT2D eigenvalue weighted by Crippen LogP contribution is 2.36. The number of aromatic nitrogens is 2. The van der Waals surface area contributed by atoms with Crippen molar-refractivity contribution in [1.82, 2.24) is 15.4 Å². The lowest BCUT2D eigenvalue weighted by Gasteiger charge is -2.12. The molecule has 1 aromatic heterocycles. The first kappa shape index (κ1) is 19.7. The molecular formula is C23H17N5O3. The molecule has 2 N–H and O–H groups in total. The number of anilines is 1. The first-order valence-electron chi connectivity index (χ1n) is 9.42. The third kappa shape index (κ3) is 4.38. The average molecular weight is 411 g/mol. The summed E-state index contributed by atoms with van der Waals surface area (Å²) in [5.74, 6) is -0.349. The minimum Gasteiger partial charge on any atom is -0.267 e. The van der Waals surface area contributed by atoms with Crippen LogP contribution in [-0.4, -0.2) is 20.8 Å². The number of nitrogens with one attached hydrogen (secondary N) is 2. The normalized spacial score (nSPS) is 10.3. The highest BCUT2D eigenvalue weighted by atomic mass is 16.6. The van der Waals surface area contributed by atoms with Crippen LogP contribution in [0.2, 0.25) is 0 Å². The van der Waals surface area contributed by atoms with Crippen LogP contribution in [-0.2, 0) is 0 Å². The Labute approximate surface area is 177 Å². The fraction of sp³-hybridized carbons (Fsp3) is 0. The molecule has 1 heterocycles. The van der Waals surface area contributed by atoms with Gasteiger partial charge >= 0.3 is 5.69 Å². The monoisotopic (exact) mass is 411 g/mol. The van der Waals surface area contributed by atoms with Crippen LogP contribution < -0.4 is 10.9 Å². The number of nitrogens with zero attached hydrogens (tertiary/aromatic N) is 3. The van der Waals surface area contributed by atoms with Gasteiger partial charge in [-0.05, 0) is 12.1 Å². The molecule has 31 heavy (non-hydrogen) atoms. The van der Waals surface area contributed by atoms with Crippen LogP contribution in [0.1, 0.15) is 10.4 Å². The summed E-state index contributed by atoms with van der Waals surface area (Å²) in [6.07, 6.45) is 0. The van der Waals surface area contributed by atoms with Gasteiger partial charge in [-0.25, -0.2) is 9.97 Å². The van der Waals surface area contributed by atoms with Crippen LogP contribution in [0.5, 0.6) is 0 Å². The first-order valence-corrected chi connectivity index (χ1v) is 9.42. The minimum atomic E-state index is -0.489. The Morgan fingerprint density at radius 3 is 1.65 bits per heavy atom. The number of carbonyl (C=O) groups excluding carboxylic acids is 1. The van der Waals surface area contributed by atoms with Gasteiger partial charge in [0.2, 0.25) is 5.95 Å². The van der Waals surface area contributed by atoms with E-state index in [1.54, 1.807) is 72.8 Å². The Morgan fingerprint density at radius 2 is 1.19 bits per heavy atom. The summed E-state index contributed by atoms with van der Waals surface area (Å²) in [6, 6.07) is 26.3. The van der Waals surface area contributed by atoms with Crippen LogP contribution in [0.4, 0.5) is 11.6 Å². The molecule has 0 aliphatic carbocycles. The Balaban J connectivity index is 1.79. The average Bonchev–Trinajstić information content (AvgIpc) is 2.83. The van der Waals surface area contributed by atoms with Crippen LogP contribution in [0.15, 0.2) is 91.0 Å². The van der Waals surface area contributed by atoms with Gasteiger partial charge in [-0.15, -0.1) is 0 Å². The zero-order chi connectivity index (χ0) is 21.6. The van der Waals surface area contributed by atoms with Crippen molar-refractivity contribution < 1.29 is 9.72 Å². The van der Waals surface area contributed by atoms with Crippen LogP contribution in [0.3, 0.4) is 0 Å². The fourth-order valence-corrected chi connectivity index (χ4v) is 3.05. The summed E-state index contributed by atoms with van der Waals surface area (Å²) in [5, 5.41) is 12.0. The molecule has 8 heteroatoms. The number of amides is 1. The van der Waals surface area contributed by atoms with Gasteiger partial charge in [-0.3, -0.25) is 25.8 Å². The molecule has 4 aromatic rings. The lowest BCUT2D eigenvalue weighted by Crippen LogP contribution is -2.30. The van der Waals surface area contributed by atoms with E-state index < -0.39 is 4.92 Å². The summed E-state index contributed by atoms with van der Waals surface area (Å²) < 4.78 is 0. The van der Waals surface area contributed by atoms with Gasteiger partial charge in [0.05, 0.1) is 4.92 Å². The highest BCUT2D eigenvalue weighted by molar-refractivity contribution is 5.94. The molecule has 0 bridgehead atoms. The van der Waals surface area contributed by atoms with Crippen molar-refractivity contribution in [1.29, 1.82) is 0 Å². The van der Waals surface area contributed by atoms with Crippen LogP contribution in [0, 0.1) is 10.1 Å².